The van der Waals surface area contributed by atoms with E-state index in [1.54, 1.807) is 10.9 Å². The van der Waals surface area contributed by atoms with Crippen molar-refractivity contribution in [3.05, 3.63) is 65.1 Å². The Bertz CT molecular complexity index is 1210. The van der Waals surface area contributed by atoms with Gasteiger partial charge in [-0.15, -0.1) is 0 Å². The Morgan fingerprint density at radius 2 is 1.81 bits per heavy atom. The highest BCUT2D eigenvalue weighted by molar-refractivity contribution is 5.90. The van der Waals surface area contributed by atoms with Crippen LogP contribution in [0.4, 0.5) is 18.9 Å². The number of carboxylic acid groups (broad SMARTS) is 2. The molecule has 0 spiro atoms. The molecule has 3 aromatic rings. The van der Waals surface area contributed by atoms with Gasteiger partial charge in [0.2, 0.25) is 0 Å². The lowest BCUT2D eigenvalue weighted by molar-refractivity contribution is -0.192. The van der Waals surface area contributed by atoms with E-state index in [-0.39, 0.29) is 0 Å². The number of hydrogen-bond donors (Lipinski definition) is 4. The van der Waals surface area contributed by atoms with Crippen molar-refractivity contribution in [1.29, 1.82) is 0 Å². The molecule has 0 fully saturated rings. The Hall–Kier alpha value is -3.93. The second kappa shape index (κ2) is 11.7. The van der Waals surface area contributed by atoms with Gasteiger partial charge in [-0.25, -0.2) is 9.59 Å². The molecule has 36 heavy (non-hydrogen) atoms. The van der Waals surface area contributed by atoms with Crippen LogP contribution in [0.3, 0.4) is 0 Å². The number of aliphatic carboxylic acids is 1. The number of hydrogen-bond acceptors (Lipinski definition) is 6. The molecule has 1 aliphatic rings. The van der Waals surface area contributed by atoms with Gasteiger partial charge in [-0.3, -0.25) is 9.67 Å². The standard InChI is InChI=1S/C22H25N5O2.C2HF3O2/c23-10-8-15-2-5-17(6-3-15)25-11-1-13-27-21(22(28)29)19-7-4-16-14-24-12-9-18(16)20(19)26-27;3-2(4,5)1(6)7/h2-3,5-6,9,12,14,25H,1,4,7-8,10-11,13,23H2,(H,28,29);(H,6,7). The van der Waals surface area contributed by atoms with Crippen LogP contribution >= 0.6 is 0 Å². The zero-order valence-electron chi connectivity index (χ0n) is 19.3. The Kier molecular flexibility index (Phi) is 8.64. The number of nitrogens with two attached hydrogens (primary N) is 1. The van der Waals surface area contributed by atoms with Gasteiger partial charge in [0.25, 0.3) is 0 Å². The van der Waals surface area contributed by atoms with Crippen LogP contribution in [-0.2, 0) is 30.6 Å². The smallest absolute Gasteiger partial charge is 0.477 e. The first kappa shape index (κ1) is 26.7. The maximum absolute atomic E-state index is 11.9. The number of carbonyl (C=O) groups is 2. The van der Waals surface area contributed by atoms with Gasteiger partial charge in [0.15, 0.2) is 0 Å². The topological polar surface area (TPSA) is 143 Å². The number of carboxylic acids is 2. The van der Waals surface area contributed by atoms with E-state index in [2.05, 4.69) is 27.5 Å². The van der Waals surface area contributed by atoms with Gasteiger partial charge >= 0.3 is 18.1 Å². The molecule has 4 rings (SSSR count). The van der Waals surface area contributed by atoms with Crippen molar-refractivity contribution < 1.29 is 33.0 Å². The molecule has 2 aromatic heterocycles. The van der Waals surface area contributed by atoms with Crippen LogP contribution in [0, 0.1) is 0 Å². The van der Waals surface area contributed by atoms with E-state index in [4.69, 9.17) is 15.6 Å². The summed E-state index contributed by atoms with van der Waals surface area (Å²) in [7, 11) is 0. The maximum atomic E-state index is 11.9. The van der Waals surface area contributed by atoms with E-state index in [0.29, 0.717) is 25.2 Å². The molecular formula is C24H26F3N5O4. The van der Waals surface area contributed by atoms with Crippen molar-refractivity contribution >= 4 is 17.6 Å². The number of nitrogens with zero attached hydrogens (tertiary/aromatic N) is 3. The summed E-state index contributed by atoms with van der Waals surface area (Å²) >= 11 is 0. The fourth-order valence-electron chi connectivity index (χ4n) is 3.89. The van der Waals surface area contributed by atoms with Crippen LogP contribution < -0.4 is 11.1 Å². The molecule has 0 unspecified atom stereocenters. The highest BCUT2D eigenvalue weighted by Crippen LogP contribution is 2.34. The van der Waals surface area contributed by atoms with Crippen molar-refractivity contribution in [2.24, 2.45) is 5.73 Å². The SMILES string of the molecule is NCCc1ccc(NCCCn2nc3c(c2C(=O)O)CCc2cnccc2-3)cc1.O=C(O)C(F)(F)F. The van der Waals surface area contributed by atoms with Gasteiger partial charge < -0.3 is 21.3 Å². The third-order valence-corrected chi connectivity index (χ3v) is 5.56. The third kappa shape index (κ3) is 6.60. The van der Waals surface area contributed by atoms with Gasteiger partial charge in [-0.2, -0.15) is 18.3 Å². The molecule has 9 nitrogen and oxygen atoms in total. The number of anilines is 1. The van der Waals surface area contributed by atoms with Crippen LogP contribution in [0.15, 0.2) is 42.7 Å². The summed E-state index contributed by atoms with van der Waals surface area (Å²) < 4.78 is 33.4. The van der Waals surface area contributed by atoms with Gasteiger partial charge in [-0.05, 0) is 61.6 Å². The summed E-state index contributed by atoms with van der Waals surface area (Å²) in [4.78, 5) is 25.0. The second-order valence-corrected chi connectivity index (χ2v) is 8.06. The number of nitrogens with one attached hydrogen (secondary N) is 1. The summed E-state index contributed by atoms with van der Waals surface area (Å²) in [5.74, 6) is -3.67. The second-order valence-electron chi connectivity index (χ2n) is 8.06. The Balaban J connectivity index is 0.000000454. The minimum Gasteiger partial charge on any atom is -0.477 e. The third-order valence-electron chi connectivity index (χ3n) is 5.56. The van der Waals surface area contributed by atoms with Crippen molar-refractivity contribution in [1.82, 2.24) is 14.8 Å². The minimum atomic E-state index is -5.08. The normalized spacial score (nSPS) is 12.1. The average molecular weight is 505 g/mol. The van der Waals surface area contributed by atoms with E-state index in [1.165, 1.54) is 5.56 Å². The molecule has 1 aromatic carbocycles. The summed E-state index contributed by atoms with van der Waals surface area (Å²) in [5, 5.41) is 24.9. The molecular weight excluding hydrogens is 479 g/mol. The summed E-state index contributed by atoms with van der Waals surface area (Å²) in [6, 6.07) is 10.2. The lowest BCUT2D eigenvalue weighted by Crippen LogP contribution is -2.21. The molecule has 0 saturated carbocycles. The van der Waals surface area contributed by atoms with E-state index in [9.17, 15) is 23.1 Å². The average Bonchev–Trinajstić information content (AvgIpc) is 3.22. The van der Waals surface area contributed by atoms with E-state index < -0.39 is 18.1 Å². The van der Waals surface area contributed by atoms with Crippen LogP contribution in [0.1, 0.15) is 33.6 Å². The molecule has 5 N–H and O–H groups in total. The predicted molar refractivity (Wildman–Crippen MR) is 126 cm³/mol. The highest BCUT2D eigenvalue weighted by atomic mass is 19.4. The molecule has 0 saturated heterocycles. The van der Waals surface area contributed by atoms with Crippen LogP contribution in [0.25, 0.3) is 11.3 Å². The number of pyridine rings is 1. The molecule has 0 radical (unpaired) electrons. The predicted octanol–water partition coefficient (Wildman–Crippen LogP) is 3.38. The summed E-state index contributed by atoms with van der Waals surface area (Å²) in [5.41, 5.74) is 11.9. The number of benzene rings is 1. The Morgan fingerprint density at radius 3 is 2.42 bits per heavy atom. The minimum absolute atomic E-state index is 0.314. The van der Waals surface area contributed by atoms with Crippen molar-refractivity contribution in [3.63, 3.8) is 0 Å². The number of fused-ring (bicyclic) bond motifs is 3. The maximum Gasteiger partial charge on any atom is 0.490 e. The van der Waals surface area contributed by atoms with Crippen LogP contribution in [-0.4, -0.2) is 56.2 Å². The van der Waals surface area contributed by atoms with Gasteiger partial charge in [0.1, 0.15) is 5.69 Å². The van der Waals surface area contributed by atoms with E-state index >= 15 is 0 Å². The molecule has 1 aliphatic carbocycles. The zero-order valence-corrected chi connectivity index (χ0v) is 19.3. The number of alkyl halides is 3. The fraction of sp³-hybridized carbons (Fsp3) is 0.333. The highest BCUT2D eigenvalue weighted by Gasteiger charge is 2.38. The Labute approximate surface area is 204 Å². The molecule has 0 amide bonds. The Morgan fingerprint density at radius 1 is 1.11 bits per heavy atom. The monoisotopic (exact) mass is 505 g/mol. The number of halogens is 3. The molecule has 12 heteroatoms. The lowest BCUT2D eigenvalue weighted by Gasteiger charge is -2.14. The quantitative estimate of drug-likeness (QED) is 0.341. The van der Waals surface area contributed by atoms with E-state index in [1.807, 2.05) is 24.4 Å². The van der Waals surface area contributed by atoms with Crippen molar-refractivity contribution in [3.8, 4) is 11.3 Å². The number of aryl methyl sites for hydroxylation is 2. The van der Waals surface area contributed by atoms with Crippen molar-refractivity contribution in [2.45, 2.75) is 38.4 Å². The number of aromatic carboxylic acids is 1. The molecule has 0 atom stereocenters. The summed E-state index contributed by atoms with van der Waals surface area (Å²) in [6.45, 7) is 1.93. The van der Waals surface area contributed by atoms with Gasteiger partial charge in [0.05, 0.1) is 5.69 Å². The van der Waals surface area contributed by atoms with Crippen molar-refractivity contribution in [2.75, 3.05) is 18.4 Å². The molecule has 0 aliphatic heterocycles. The van der Waals surface area contributed by atoms with Crippen LogP contribution in [0.5, 0.6) is 0 Å². The zero-order chi connectivity index (χ0) is 26.3. The largest absolute Gasteiger partial charge is 0.490 e. The van der Waals surface area contributed by atoms with Gasteiger partial charge in [0, 0.05) is 42.3 Å². The van der Waals surface area contributed by atoms with E-state index in [0.717, 1.165) is 53.9 Å². The number of rotatable bonds is 8. The first-order valence-electron chi connectivity index (χ1n) is 11.2. The van der Waals surface area contributed by atoms with Gasteiger partial charge in [-0.1, -0.05) is 12.1 Å². The summed E-state index contributed by atoms with van der Waals surface area (Å²) in [6.07, 6.45) is 1.62. The molecule has 2 heterocycles. The number of aromatic nitrogens is 3. The molecule has 192 valence electrons. The lowest BCUT2D eigenvalue weighted by atomic mass is 9.90. The van der Waals surface area contributed by atoms with Crippen LogP contribution in [0.2, 0.25) is 0 Å². The first-order valence-corrected chi connectivity index (χ1v) is 11.2. The first-order chi connectivity index (χ1) is 17.1. The molecule has 0 bridgehead atoms. The fourth-order valence-corrected chi connectivity index (χ4v) is 3.89.